The summed E-state index contributed by atoms with van der Waals surface area (Å²) in [5.41, 5.74) is 0.479. The van der Waals surface area contributed by atoms with Gasteiger partial charge in [-0.05, 0) is 42.8 Å². The number of nitrogens with zero attached hydrogens (tertiary/aromatic N) is 1. The molecular weight excluding hydrogens is 327 g/mol. The number of halogens is 3. The average molecular weight is 347 g/mol. The Morgan fingerprint density at radius 1 is 1.00 bits per heavy atom. The van der Waals surface area contributed by atoms with Crippen molar-refractivity contribution in [3.05, 3.63) is 77.9 Å². The molecule has 5 heteroatoms. The molecule has 0 amide bonds. The van der Waals surface area contributed by atoms with Crippen LogP contribution in [0.4, 0.5) is 18.9 Å². The van der Waals surface area contributed by atoms with E-state index in [1.54, 1.807) is 0 Å². The predicted molar refractivity (Wildman–Crippen MR) is 94.1 cm³/mol. The average Bonchev–Trinajstić information content (AvgIpc) is 2.61. The zero-order valence-corrected chi connectivity index (χ0v) is 14.0. The highest BCUT2D eigenvalue weighted by molar-refractivity contribution is 5.95. The molecule has 132 valence electrons. The minimum absolute atomic E-state index is 0.356. The molecule has 0 aliphatic heterocycles. The first kappa shape index (κ1) is 18.8. The van der Waals surface area contributed by atoms with Gasteiger partial charge in [-0.15, -0.1) is 0 Å². The van der Waals surface area contributed by atoms with Gasteiger partial charge in [-0.1, -0.05) is 43.7 Å². The van der Waals surface area contributed by atoms with Crippen LogP contribution in [0.15, 0.2) is 71.7 Å². The summed E-state index contributed by atoms with van der Waals surface area (Å²) in [4.78, 5) is 4.36. The van der Waals surface area contributed by atoms with Crippen LogP contribution in [0.3, 0.4) is 0 Å². The van der Waals surface area contributed by atoms with Gasteiger partial charge in [-0.3, -0.25) is 0 Å². The predicted octanol–water partition coefficient (Wildman–Crippen LogP) is 6.16. The Bertz CT molecular complexity index is 704. The lowest BCUT2D eigenvalue weighted by Crippen LogP contribution is -2.07. The van der Waals surface area contributed by atoms with Crippen LogP contribution in [-0.4, -0.2) is 12.5 Å². The molecule has 0 heterocycles. The molecule has 0 radical (unpaired) electrons. The lowest BCUT2D eigenvalue weighted by Gasteiger charge is -2.09. The van der Waals surface area contributed by atoms with Crippen molar-refractivity contribution in [2.24, 2.45) is 4.99 Å². The lowest BCUT2D eigenvalue weighted by molar-refractivity contribution is -0.137. The molecule has 0 bridgehead atoms. The van der Waals surface area contributed by atoms with Crippen molar-refractivity contribution in [3.63, 3.8) is 0 Å². The van der Waals surface area contributed by atoms with Gasteiger partial charge in [-0.25, -0.2) is 4.99 Å². The van der Waals surface area contributed by atoms with E-state index in [4.69, 9.17) is 4.74 Å². The van der Waals surface area contributed by atoms with Crippen molar-refractivity contribution >= 4 is 11.6 Å². The Morgan fingerprint density at radius 3 is 2.28 bits per heavy atom. The van der Waals surface area contributed by atoms with Gasteiger partial charge in [0.25, 0.3) is 0 Å². The number of rotatable bonds is 6. The van der Waals surface area contributed by atoms with Crippen molar-refractivity contribution in [2.45, 2.75) is 25.9 Å². The molecule has 0 aliphatic carbocycles. The van der Waals surface area contributed by atoms with Crippen LogP contribution in [0, 0.1) is 0 Å². The Morgan fingerprint density at radius 2 is 1.68 bits per heavy atom. The smallest absolute Gasteiger partial charge is 0.416 e. The largest absolute Gasteiger partial charge is 0.473 e. The summed E-state index contributed by atoms with van der Waals surface area (Å²) in [6.07, 6.45) is 1.61. The fraction of sp³-hybridized carbons (Fsp3) is 0.250. The number of ether oxygens (including phenoxy) is 1. The standard InChI is InChI=1S/C20H20F3NO/c1-2-3-4-8-15-25-19(16-9-6-5-7-10-16)24-18-13-11-17(12-14-18)20(21,22)23/h4-14H,2-3,15H2,1H3/b8-4-,24-19?. The number of unbranched alkanes of at least 4 members (excludes halogenated alkanes) is 1. The zero-order valence-electron chi connectivity index (χ0n) is 14.0. The van der Waals surface area contributed by atoms with Crippen molar-refractivity contribution in [1.29, 1.82) is 0 Å². The van der Waals surface area contributed by atoms with Crippen LogP contribution >= 0.6 is 0 Å². The number of benzene rings is 2. The molecular formula is C20H20F3NO. The van der Waals surface area contributed by atoms with E-state index < -0.39 is 11.7 Å². The quantitative estimate of drug-likeness (QED) is 0.348. The van der Waals surface area contributed by atoms with Gasteiger partial charge >= 0.3 is 6.18 Å². The molecule has 25 heavy (non-hydrogen) atoms. The van der Waals surface area contributed by atoms with Crippen LogP contribution in [0.2, 0.25) is 0 Å². The van der Waals surface area contributed by atoms with E-state index in [1.807, 2.05) is 42.5 Å². The van der Waals surface area contributed by atoms with E-state index in [0.29, 0.717) is 18.2 Å². The normalized spacial score (nSPS) is 12.6. The highest BCUT2D eigenvalue weighted by Crippen LogP contribution is 2.30. The zero-order chi connectivity index (χ0) is 18.1. The molecule has 0 aliphatic rings. The molecule has 0 atom stereocenters. The summed E-state index contributed by atoms with van der Waals surface area (Å²) >= 11 is 0. The highest BCUT2D eigenvalue weighted by atomic mass is 19.4. The topological polar surface area (TPSA) is 21.6 Å². The third kappa shape index (κ3) is 6.10. The molecule has 2 rings (SSSR count). The SMILES string of the molecule is CCC/C=C\COC(=Nc1ccc(C(F)(F)F)cc1)c1ccccc1. The molecule has 0 spiro atoms. The molecule has 0 saturated heterocycles. The highest BCUT2D eigenvalue weighted by Gasteiger charge is 2.29. The van der Waals surface area contributed by atoms with E-state index in [2.05, 4.69) is 11.9 Å². The lowest BCUT2D eigenvalue weighted by atomic mass is 10.2. The molecule has 2 aromatic carbocycles. The van der Waals surface area contributed by atoms with Crippen LogP contribution < -0.4 is 0 Å². The summed E-state index contributed by atoms with van der Waals surface area (Å²) in [6.45, 7) is 2.45. The maximum atomic E-state index is 12.6. The fourth-order valence-electron chi connectivity index (χ4n) is 2.08. The van der Waals surface area contributed by atoms with Gasteiger partial charge in [0.1, 0.15) is 6.61 Å². The van der Waals surface area contributed by atoms with Crippen LogP contribution in [0.5, 0.6) is 0 Å². The number of allylic oxidation sites excluding steroid dienone is 1. The van der Waals surface area contributed by atoms with Gasteiger partial charge in [0.05, 0.1) is 11.3 Å². The number of aliphatic imine (C=N–C) groups is 1. The van der Waals surface area contributed by atoms with E-state index in [-0.39, 0.29) is 0 Å². The van der Waals surface area contributed by atoms with E-state index in [0.717, 1.165) is 30.5 Å². The van der Waals surface area contributed by atoms with Gasteiger partial charge < -0.3 is 4.74 Å². The second-order valence-corrected chi connectivity index (χ2v) is 5.40. The maximum absolute atomic E-state index is 12.6. The summed E-state index contributed by atoms with van der Waals surface area (Å²) < 4.78 is 43.7. The fourth-order valence-corrected chi connectivity index (χ4v) is 2.08. The molecule has 2 nitrogen and oxygen atoms in total. The van der Waals surface area contributed by atoms with Crippen LogP contribution in [-0.2, 0) is 10.9 Å². The maximum Gasteiger partial charge on any atom is 0.416 e. The summed E-state index contributed by atoms with van der Waals surface area (Å²) in [5, 5.41) is 0. The second-order valence-electron chi connectivity index (χ2n) is 5.40. The summed E-state index contributed by atoms with van der Waals surface area (Å²) in [7, 11) is 0. The summed E-state index contributed by atoms with van der Waals surface area (Å²) in [6, 6.07) is 14.0. The first-order valence-electron chi connectivity index (χ1n) is 8.10. The van der Waals surface area contributed by atoms with Gasteiger partial charge in [0, 0.05) is 5.56 Å². The molecule has 0 fully saturated rings. The molecule has 0 N–H and O–H groups in total. The van der Waals surface area contributed by atoms with Gasteiger partial charge in [-0.2, -0.15) is 13.2 Å². The van der Waals surface area contributed by atoms with Crippen molar-refractivity contribution in [1.82, 2.24) is 0 Å². The molecule has 0 saturated carbocycles. The third-order valence-corrected chi connectivity index (χ3v) is 3.38. The van der Waals surface area contributed by atoms with Crippen molar-refractivity contribution in [2.75, 3.05) is 6.61 Å². The van der Waals surface area contributed by atoms with Crippen LogP contribution in [0.25, 0.3) is 0 Å². The van der Waals surface area contributed by atoms with E-state index >= 15 is 0 Å². The molecule has 0 aromatic heterocycles. The van der Waals surface area contributed by atoms with Gasteiger partial charge in [0.2, 0.25) is 5.90 Å². The Hall–Kier alpha value is -2.56. The molecule has 2 aromatic rings. The Balaban J connectivity index is 2.20. The molecule has 0 unspecified atom stereocenters. The Kier molecular flexibility index (Phi) is 6.81. The summed E-state index contributed by atoms with van der Waals surface area (Å²) in [5.74, 6) is 0.376. The van der Waals surface area contributed by atoms with E-state index in [1.165, 1.54) is 12.1 Å². The van der Waals surface area contributed by atoms with Crippen molar-refractivity contribution < 1.29 is 17.9 Å². The Labute approximate surface area is 145 Å². The van der Waals surface area contributed by atoms with Gasteiger partial charge in [0.15, 0.2) is 0 Å². The number of alkyl halides is 3. The third-order valence-electron chi connectivity index (χ3n) is 3.38. The minimum Gasteiger partial charge on any atom is -0.473 e. The number of hydrogen-bond acceptors (Lipinski definition) is 2. The number of hydrogen-bond donors (Lipinski definition) is 0. The van der Waals surface area contributed by atoms with Crippen LogP contribution in [0.1, 0.15) is 30.9 Å². The first-order chi connectivity index (χ1) is 12.0. The first-order valence-corrected chi connectivity index (χ1v) is 8.10. The minimum atomic E-state index is -4.36. The monoisotopic (exact) mass is 347 g/mol. The second kappa shape index (κ2) is 9.06. The van der Waals surface area contributed by atoms with E-state index in [9.17, 15) is 13.2 Å². The van der Waals surface area contributed by atoms with Crippen molar-refractivity contribution in [3.8, 4) is 0 Å².